The van der Waals surface area contributed by atoms with Gasteiger partial charge < -0.3 is 9.84 Å². The fourth-order valence-corrected chi connectivity index (χ4v) is 2.88. The van der Waals surface area contributed by atoms with E-state index < -0.39 is 0 Å². The van der Waals surface area contributed by atoms with E-state index in [0.29, 0.717) is 39.0 Å². The SMILES string of the molecule is CC(=O)c1ccc(NC(=O)c2ccc3noc(-c4ccc(F)cc4)c3c2)cc1. The number of nitrogens with zero attached hydrogens (tertiary/aromatic N) is 1. The maximum absolute atomic E-state index is 13.2. The molecule has 1 amide bonds. The topological polar surface area (TPSA) is 72.2 Å². The van der Waals surface area contributed by atoms with Crippen LogP contribution in [-0.2, 0) is 0 Å². The molecule has 5 nitrogen and oxygen atoms in total. The molecule has 0 radical (unpaired) electrons. The van der Waals surface area contributed by atoms with Crippen molar-refractivity contribution in [2.75, 3.05) is 5.32 Å². The number of Topliss-reactive ketones (excluding diaryl/α,β-unsaturated/α-hetero) is 1. The van der Waals surface area contributed by atoms with E-state index in [1.807, 2.05) is 0 Å². The highest BCUT2D eigenvalue weighted by Gasteiger charge is 2.14. The third-order valence-electron chi connectivity index (χ3n) is 4.39. The Hall–Kier alpha value is -3.80. The third-order valence-corrected chi connectivity index (χ3v) is 4.39. The van der Waals surface area contributed by atoms with Gasteiger partial charge in [-0.25, -0.2) is 4.39 Å². The monoisotopic (exact) mass is 374 g/mol. The van der Waals surface area contributed by atoms with Crippen LogP contribution in [0.25, 0.3) is 22.2 Å². The predicted molar refractivity (Wildman–Crippen MR) is 104 cm³/mol. The first-order valence-electron chi connectivity index (χ1n) is 8.59. The highest BCUT2D eigenvalue weighted by molar-refractivity contribution is 6.07. The molecular formula is C22H15FN2O3. The number of rotatable bonds is 4. The summed E-state index contributed by atoms with van der Waals surface area (Å²) in [5.41, 5.74) is 2.85. The van der Waals surface area contributed by atoms with Gasteiger partial charge in [-0.2, -0.15) is 0 Å². The van der Waals surface area contributed by atoms with Crippen LogP contribution in [0.5, 0.6) is 0 Å². The van der Waals surface area contributed by atoms with Crippen LogP contribution in [0.2, 0.25) is 0 Å². The first-order valence-corrected chi connectivity index (χ1v) is 8.59. The minimum absolute atomic E-state index is 0.0379. The summed E-state index contributed by atoms with van der Waals surface area (Å²) >= 11 is 0. The maximum atomic E-state index is 13.2. The second-order valence-electron chi connectivity index (χ2n) is 6.34. The molecule has 1 heterocycles. The first-order chi connectivity index (χ1) is 13.5. The van der Waals surface area contributed by atoms with Crippen LogP contribution in [0.3, 0.4) is 0 Å². The van der Waals surface area contributed by atoms with Crippen molar-refractivity contribution in [1.82, 2.24) is 5.16 Å². The number of aromatic nitrogens is 1. The Kier molecular flexibility index (Phi) is 4.45. The largest absolute Gasteiger partial charge is 0.355 e. The van der Waals surface area contributed by atoms with Gasteiger partial charge in [-0.1, -0.05) is 5.16 Å². The molecule has 28 heavy (non-hydrogen) atoms. The number of benzene rings is 3. The van der Waals surface area contributed by atoms with Gasteiger partial charge in [0.25, 0.3) is 5.91 Å². The number of nitrogens with one attached hydrogen (secondary N) is 1. The summed E-state index contributed by atoms with van der Waals surface area (Å²) in [5.74, 6) is -0.216. The van der Waals surface area contributed by atoms with Gasteiger partial charge >= 0.3 is 0 Å². The summed E-state index contributed by atoms with van der Waals surface area (Å²) in [5, 5.41) is 7.45. The van der Waals surface area contributed by atoms with Gasteiger partial charge in [-0.15, -0.1) is 0 Å². The van der Waals surface area contributed by atoms with E-state index in [-0.39, 0.29) is 17.5 Å². The lowest BCUT2D eigenvalue weighted by Crippen LogP contribution is -2.11. The van der Waals surface area contributed by atoms with Crippen molar-refractivity contribution in [2.24, 2.45) is 0 Å². The lowest BCUT2D eigenvalue weighted by atomic mass is 10.1. The quantitative estimate of drug-likeness (QED) is 0.505. The first kappa shape index (κ1) is 17.6. The standard InChI is InChI=1S/C22H15FN2O3/c1-13(26)14-4-9-18(10-5-14)24-22(27)16-6-11-20-19(12-16)21(28-25-20)15-2-7-17(23)8-3-15/h2-12H,1H3,(H,24,27). The molecule has 0 saturated carbocycles. The zero-order valence-corrected chi connectivity index (χ0v) is 14.9. The summed E-state index contributed by atoms with van der Waals surface area (Å²) < 4.78 is 18.6. The predicted octanol–water partition coefficient (Wildman–Crippen LogP) is 5.09. The fraction of sp³-hybridized carbons (Fsp3) is 0.0455. The molecule has 138 valence electrons. The number of carbonyl (C=O) groups excluding carboxylic acids is 2. The molecule has 0 aliphatic carbocycles. The summed E-state index contributed by atoms with van der Waals surface area (Å²) in [6, 6.07) is 17.6. The lowest BCUT2D eigenvalue weighted by molar-refractivity contribution is 0.101. The van der Waals surface area contributed by atoms with Gasteiger partial charge in [0, 0.05) is 22.4 Å². The molecule has 0 fully saturated rings. The van der Waals surface area contributed by atoms with E-state index >= 15 is 0 Å². The Balaban J connectivity index is 1.63. The van der Waals surface area contributed by atoms with E-state index in [1.165, 1.54) is 19.1 Å². The van der Waals surface area contributed by atoms with Crippen LogP contribution >= 0.6 is 0 Å². The van der Waals surface area contributed by atoms with Crippen molar-refractivity contribution in [3.05, 3.63) is 83.7 Å². The molecule has 0 aliphatic rings. The molecule has 0 aliphatic heterocycles. The Morgan fingerprint density at radius 3 is 2.29 bits per heavy atom. The second kappa shape index (κ2) is 7.08. The minimum Gasteiger partial charge on any atom is -0.355 e. The Bertz CT molecular complexity index is 1180. The molecule has 1 N–H and O–H groups in total. The van der Waals surface area contributed by atoms with Crippen LogP contribution < -0.4 is 5.32 Å². The van der Waals surface area contributed by atoms with Gasteiger partial charge in [-0.3, -0.25) is 9.59 Å². The van der Waals surface area contributed by atoms with E-state index in [1.54, 1.807) is 54.6 Å². The number of fused-ring (bicyclic) bond motifs is 1. The van der Waals surface area contributed by atoms with E-state index in [4.69, 9.17) is 4.52 Å². The van der Waals surface area contributed by atoms with Crippen LogP contribution in [0, 0.1) is 5.82 Å². The Morgan fingerprint density at radius 2 is 1.61 bits per heavy atom. The number of carbonyl (C=O) groups is 2. The third kappa shape index (κ3) is 3.40. The summed E-state index contributed by atoms with van der Waals surface area (Å²) in [6.45, 7) is 1.49. The van der Waals surface area contributed by atoms with Crippen LogP contribution in [0.1, 0.15) is 27.6 Å². The molecule has 0 unspecified atom stereocenters. The van der Waals surface area contributed by atoms with Crippen LogP contribution in [0.4, 0.5) is 10.1 Å². The zero-order valence-electron chi connectivity index (χ0n) is 14.9. The summed E-state index contributed by atoms with van der Waals surface area (Å²) in [6.07, 6.45) is 0. The molecule has 0 saturated heterocycles. The number of halogens is 1. The average Bonchev–Trinajstić information content (AvgIpc) is 3.12. The number of ketones is 1. The van der Waals surface area contributed by atoms with Gasteiger partial charge in [0.05, 0.1) is 5.39 Å². The molecule has 6 heteroatoms. The van der Waals surface area contributed by atoms with Crippen LogP contribution in [-0.4, -0.2) is 16.8 Å². The number of amides is 1. The Morgan fingerprint density at radius 1 is 0.929 bits per heavy atom. The minimum atomic E-state index is -0.344. The second-order valence-corrected chi connectivity index (χ2v) is 6.34. The van der Waals surface area contributed by atoms with E-state index in [0.717, 1.165) is 0 Å². The van der Waals surface area contributed by atoms with Gasteiger partial charge in [0.15, 0.2) is 11.5 Å². The van der Waals surface area contributed by atoms with Crippen LogP contribution in [0.15, 0.2) is 71.3 Å². The maximum Gasteiger partial charge on any atom is 0.255 e. The summed E-state index contributed by atoms with van der Waals surface area (Å²) in [7, 11) is 0. The molecule has 4 rings (SSSR count). The molecule has 0 bridgehead atoms. The number of hydrogen-bond acceptors (Lipinski definition) is 4. The highest BCUT2D eigenvalue weighted by Crippen LogP contribution is 2.29. The molecule has 1 aromatic heterocycles. The van der Waals surface area contributed by atoms with Crippen molar-refractivity contribution in [3.8, 4) is 11.3 Å². The lowest BCUT2D eigenvalue weighted by Gasteiger charge is -2.06. The normalized spacial score (nSPS) is 10.8. The fourth-order valence-electron chi connectivity index (χ4n) is 2.88. The van der Waals surface area contributed by atoms with Crippen molar-refractivity contribution in [3.63, 3.8) is 0 Å². The van der Waals surface area contributed by atoms with Gasteiger partial charge in [0.2, 0.25) is 0 Å². The van der Waals surface area contributed by atoms with Crippen molar-refractivity contribution in [1.29, 1.82) is 0 Å². The van der Waals surface area contributed by atoms with E-state index in [9.17, 15) is 14.0 Å². The Labute approximate surface area is 159 Å². The van der Waals surface area contributed by atoms with Gasteiger partial charge in [0.1, 0.15) is 11.3 Å². The number of anilines is 1. The molecule has 0 spiro atoms. The van der Waals surface area contributed by atoms with Crippen molar-refractivity contribution < 1.29 is 18.5 Å². The number of hydrogen-bond donors (Lipinski definition) is 1. The molecule has 0 atom stereocenters. The molecular weight excluding hydrogens is 359 g/mol. The zero-order chi connectivity index (χ0) is 19.7. The van der Waals surface area contributed by atoms with E-state index in [2.05, 4.69) is 10.5 Å². The molecule has 4 aromatic rings. The van der Waals surface area contributed by atoms with Crippen molar-refractivity contribution in [2.45, 2.75) is 6.92 Å². The highest BCUT2D eigenvalue weighted by atomic mass is 19.1. The summed E-state index contributed by atoms with van der Waals surface area (Å²) in [4.78, 5) is 24.0. The smallest absolute Gasteiger partial charge is 0.255 e. The average molecular weight is 374 g/mol. The van der Waals surface area contributed by atoms with Crippen molar-refractivity contribution >= 4 is 28.3 Å². The molecule has 3 aromatic carbocycles. The van der Waals surface area contributed by atoms with Gasteiger partial charge in [-0.05, 0) is 73.7 Å².